The van der Waals surface area contributed by atoms with Gasteiger partial charge < -0.3 is 0 Å². The lowest BCUT2D eigenvalue weighted by molar-refractivity contribution is 0.443. The SMILES string of the molecule is Clc1ccc([S+](c2ccc(Cl)cc2)c2ccc(C3CCCCC3)cc2)cc1. The molecule has 1 fully saturated rings. The molecule has 0 bridgehead atoms. The van der Waals surface area contributed by atoms with E-state index in [0.29, 0.717) is 0 Å². The molecule has 0 aromatic heterocycles. The van der Waals surface area contributed by atoms with Gasteiger partial charge in [-0.15, -0.1) is 0 Å². The van der Waals surface area contributed by atoms with Gasteiger partial charge in [-0.3, -0.25) is 0 Å². The van der Waals surface area contributed by atoms with Crippen LogP contribution >= 0.6 is 23.2 Å². The third-order valence-corrected chi connectivity index (χ3v) is 8.03. The molecule has 0 aliphatic heterocycles. The molecular weight excluding hydrogens is 391 g/mol. The van der Waals surface area contributed by atoms with Crippen molar-refractivity contribution in [1.82, 2.24) is 0 Å². The van der Waals surface area contributed by atoms with Gasteiger partial charge in [0, 0.05) is 10.0 Å². The average Bonchev–Trinajstić information content (AvgIpc) is 2.72. The van der Waals surface area contributed by atoms with Crippen molar-refractivity contribution in [3.63, 3.8) is 0 Å². The number of rotatable bonds is 4. The minimum absolute atomic E-state index is 0.162. The Morgan fingerprint density at radius 3 is 1.41 bits per heavy atom. The molecule has 0 nitrogen and oxygen atoms in total. The second-order valence-electron chi connectivity index (χ2n) is 7.12. The summed E-state index contributed by atoms with van der Waals surface area (Å²) in [4.78, 5) is 3.87. The third kappa shape index (κ3) is 4.54. The van der Waals surface area contributed by atoms with Crippen LogP contribution in [0.5, 0.6) is 0 Å². The van der Waals surface area contributed by atoms with Gasteiger partial charge in [0.25, 0.3) is 0 Å². The highest BCUT2D eigenvalue weighted by molar-refractivity contribution is 7.97. The zero-order valence-corrected chi connectivity index (χ0v) is 17.5. The molecule has 0 saturated heterocycles. The summed E-state index contributed by atoms with van der Waals surface area (Å²) in [7, 11) is -0.162. The summed E-state index contributed by atoms with van der Waals surface area (Å²) in [5.41, 5.74) is 1.49. The molecule has 4 rings (SSSR count). The van der Waals surface area contributed by atoms with E-state index in [2.05, 4.69) is 48.5 Å². The lowest BCUT2D eigenvalue weighted by Crippen LogP contribution is -2.07. The van der Waals surface area contributed by atoms with Crippen LogP contribution in [0, 0.1) is 0 Å². The van der Waals surface area contributed by atoms with E-state index in [1.165, 1.54) is 52.4 Å². The van der Waals surface area contributed by atoms with Gasteiger partial charge in [0.1, 0.15) is 0 Å². The van der Waals surface area contributed by atoms with Gasteiger partial charge in [-0.2, -0.15) is 0 Å². The topological polar surface area (TPSA) is 0 Å². The van der Waals surface area contributed by atoms with E-state index in [1.54, 1.807) is 0 Å². The maximum Gasteiger partial charge on any atom is 0.166 e. The van der Waals surface area contributed by atoms with Crippen LogP contribution in [0.15, 0.2) is 87.5 Å². The minimum Gasteiger partial charge on any atom is -0.0843 e. The summed E-state index contributed by atoms with van der Waals surface area (Å²) in [5, 5.41) is 1.54. The predicted octanol–water partition coefficient (Wildman–Crippen LogP) is 8.14. The van der Waals surface area contributed by atoms with Crippen molar-refractivity contribution in [1.29, 1.82) is 0 Å². The molecule has 0 radical (unpaired) electrons. The Bertz CT molecular complexity index is 818. The molecule has 3 aromatic rings. The van der Waals surface area contributed by atoms with Crippen molar-refractivity contribution in [2.45, 2.75) is 52.7 Å². The van der Waals surface area contributed by atoms with E-state index in [0.717, 1.165) is 16.0 Å². The smallest absolute Gasteiger partial charge is 0.0843 e. The highest BCUT2D eigenvalue weighted by atomic mass is 35.5. The van der Waals surface area contributed by atoms with Gasteiger partial charge in [-0.05, 0) is 85.0 Å². The molecule has 0 amide bonds. The van der Waals surface area contributed by atoms with Crippen LogP contribution in [0.4, 0.5) is 0 Å². The number of halogens is 2. The summed E-state index contributed by atoms with van der Waals surface area (Å²) in [6, 6.07) is 25.8. The van der Waals surface area contributed by atoms with Gasteiger partial charge in [0.2, 0.25) is 0 Å². The van der Waals surface area contributed by atoms with Crippen LogP contribution in [-0.2, 0) is 10.9 Å². The molecule has 0 N–H and O–H groups in total. The Labute approximate surface area is 174 Å². The Morgan fingerprint density at radius 2 is 0.963 bits per heavy atom. The fourth-order valence-electron chi connectivity index (χ4n) is 3.86. The van der Waals surface area contributed by atoms with Crippen LogP contribution in [-0.4, -0.2) is 0 Å². The summed E-state index contributed by atoms with van der Waals surface area (Å²) < 4.78 is 0. The molecule has 0 atom stereocenters. The van der Waals surface area contributed by atoms with Crippen LogP contribution in [0.3, 0.4) is 0 Å². The van der Waals surface area contributed by atoms with E-state index in [1.807, 2.05) is 24.3 Å². The first-order chi connectivity index (χ1) is 13.2. The van der Waals surface area contributed by atoms with Gasteiger partial charge in [-0.1, -0.05) is 54.6 Å². The lowest BCUT2D eigenvalue weighted by Gasteiger charge is -2.22. The quantitative estimate of drug-likeness (QED) is 0.378. The first-order valence-electron chi connectivity index (χ1n) is 9.56. The van der Waals surface area contributed by atoms with E-state index < -0.39 is 0 Å². The Balaban J connectivity index is 1.69. The Kier molecular flexibility index (Phi) is 6.12. The second-order valence-corrected chi connectivity index (χ2v) is 10.0. The highest BCUT2D eigenvalue weighted by Gasteiger charge is 2.29. The predicted molar refractivity (Wildman–Crippen MR) is 117 cm³/mol. The van der Waals surface area contributed by atoms with Gasteiger partial charge >= 0.3 is 0 Å². The van der Waals surface area contributed by atoms with Crippen molar-refractivity contribution in [2.75, 3.05) is 0 Å². The maximum atomic E-state index is 6.12. The van der Waals surface area contributed by atoms with Crippen LogP contribution in [0.1, 0.15) is 43.6 Å². The zero-order chi connectivity index (χ0) is 18.6. The number of hydrogen-bond donors (Lipinski definition) is 0. The maximum absolute atomic E-state index is 6.12. The van der Waals surface area contributed by atoms with Crippen LogP contribution in [0.2, 0.25) is 10.0 Å². The first kappa shape index (κ1) is 18.9. The highest BCUT2D eigenvalue weighted by Crippen LogP contribution is 2.36. The fourth-order valence-corrected chi connectivity index (χ4v) is 6.15. The van der Waals surface area contributed by atoms with E-state index in [9.17, 15) is 0 Å². The number of benzene rings is 3. The van der Waals surface area contributed by atoms with Crippen LogP contribution < -0.4 is 0 Å². The van der Waals surface area contributed by atoms with Gasteiger partial charge in [0.15, 0.2) is 14.7 Å². The largest absolute Gasteiger partial charge is 0.166 e. The van der Waals surface area contributed by atoms with E-state index >= 15 is 0 Å². The lowest BCUT2D eigenvalue weighted by atomic mass is 9.84. The molecule has 27 heavy (non-hydrogen) atoms. The molecule has 138 valence electrons. The number of hydrogen-bond acceptors (Lipinski definition) is 0. The molecule has 0 heterocycles. The molecular formula is C24H23Cl2S+. The monoisotopic (exact) mass is 413 g/mol. The fraction of sp³-hybridized carbons (Fsp3) is 0.250. The van der Waals surface area contributed by atoms with Crippen molar-refractivity contribution < 1.29 is 0 Å². The van der Waals surface area contributed by atoms with Crippen molar-refractivity contribution in [3.8, 4) is 0 Å². The molecule has 0 unspecified atom stereocenters. The molecule has 3 heteroatoms. The second kappa shape index (κ2) is 8.73. The van der Waals surface area contributed by atoms with E-state index in [4.69, 9.17) is 23.2 Å². The minimum atomic E-state index is -0.162. The Morgan fingerprint density at radius 1 is 0.556 bits per heavy atom. The summed E-state index contributed by atoms with van der Waals surface area (Å²) in [6.07, 6.45) is 6.79. The zero-order valence-electron chi connectivity index (χ0n) is 15.2. The summed E-state index contributed by atoms with van der Waals surface area (Å²) >= 11 is 12.2. The molecule has 1 saturated carbocycles. The van der Waals surface area contributed by atoms with Gasteiger partial charge in [-0.25, -0.2) is 0 Å². The molecule has 1 aliphatic rings. The summed E-state index contributed by atoms with van der Waals surface area (Å²) in [6.45, 7) is 0. The average molecular weight is 414 g/mol. The standard InChI is InChI=1S/C24H23Cl2S/c25-20-8-14-23(15-9-20)27(24-16-10-21(26)11-17-24)22-12-6-19(7-13-22)18-4-2-1-3-5-18/h6-18H,1-5H2/q+1. The Hall–Kier alpha value is -1.41. The third-order valence-electron chi connectivity index (χ3n) is 5.29. The van der Waals surface area contributed by atoms with Crippen LogP contribution in [0.25, 0.3) is 0 Å². The summed E-state index contributed by atoms with van der Waals surface area (Å²) in [5.74, 6) is 0.737. The van der Waals surface area contributed by atoms with Crippen molar-refractivity contribution >= 4 is 34.1 Å². The van der Waals surface area contributed by atoms with E-state index in [-0.39, 0.29) is 10.9 Å². The normalized spacial score (nSPS) is 15.2. The first-order valence-corrected chi connectivity index (χ1v) is 11.5. The van der Waals surface area contributed by atoms with Crippen molar-refractivity contribution in [3.05, 3.63) is 88.4 Å². The molecule has 3 aromatic carbocycles. The van der Waals surface area contributed by atoms with Gasteiger partial charge in [0.05, 0.1) is 10.9 Å². The van der Waals surface area contributed by atoms with Crippen molar-refractivity contribution in [2.24, 2.45) is 0 Å². The molecule has 1 aliphatic carbocycles. The molecule has 0 spiro atoms.